The predicted octanol–water partition coefficient (Wildman–Crippen LogP) is 3.00. The number of benzene rings is 1. The van der Waals surface area contributed by atoms with E-state index in [0.29, 0.717) is 31.0 Å². The van der Waals surface area contributed by atoms with Gasteiger partial charge in [-0.3, -0.25) is 4.79 Å². The van der Waals surface area contributed by atoms with Gasteiger partial charge in [-0.15, -0.1) is 0 Å². The summed E-state index contributed by atoms with van der Waals surface area (Å²) in [5, 5.41) is 7.50. The summed E-state index contributed by atoms with van der Waals surface area (Å²) in [6.45, 7) is 0.769. The maximum Gasteiger partial charge on any atom is 0.471 e. The van der Waals surface area contributed by atoms with Gasteiger partial charge < -0.3 is 10.2 Å². The molecule has 1 aliphatic heterocycles. The van der Waals surface area contributed by atoms with Gasteiger partial charge in [-0.25, -0.2) is 4.98 Å². The molecule has 1 amide bonds. The quantitative estimate of drug-likeness (QED) is 0.724. The molecule has 1 fully saturated rings. The molecule has 10 heteroatoms. The fraction of sp³-hybridized carbons (Fsp3) is 0.368. The fourth-order valence-electron chi connectivity index (χ4n) is 3.46. The van der Waals surface area contributed by atoms with Crippen LogP contribution in [0.15, 0.2) is 42.7 Å². The molecule has 1 N–H and O–H groups in total. The molecule has 29 heavy (non-hydrogen) atoms. The molecule has 4 rings (SSSR count). The van der Waals surface area contributed by atoms with Crippen molar-refractivity contribution in [1.82, 2.24) is 24.5 Å². The van der Waals surface area contributed by atoms with Gasteiger partial charge in [0.2, 0.25) is 0 Å². The number of fused-ring (bicyclic) bond motifs is 1. The van der Waals surface area contributed by atoms with Crippen molar-refractivity contribution in [2.45, 2.75) is 19.0 Å². The Kier molecular flexibility index (Phi) is 5.08. The van der Waals surface area contributed by atoms with Gasteiger partial charge in [-0.1, -0.05) is 30.3 Å². The third kappa shape index (κ3) is 4.15. The van der Waals surface area contributed by atoms with Crippen molar-refractivity contribution in [2.24, 2.45) is 5.92 Å². The average molecular weight is 404 g/mol. The van der Waals surface area contributed by atoms with Gasteiger partial charge >= 0.3 is 12.1 Å². The Hall–Kier alpha value is -3.17. The zero-order chi connectivity index (χ0) is 20.4. The van der Waals surface area contributed by atoms with Gasteiger partial charge in [-0.2, -0.15) is 27.8 Å². The summed E-state index contributed by atoms with van der Waals surface area (Å²) in [6, 6.07) is 11.6. The minimum Gasteiger partial charge on any atom is -0.370 e. The SMILES string of the molecule is O=C(N1CCC(CNc2cc(-c3ccccc3)nc3ncnn23)CC1)C(F)(F)F. The van der Waals surface area contributed by atoms with Crippen molar-refractivity contribution >= 4 is 17.5 Å². The van der Waals surface area contributed by atoms with Gasteiger partial charge in [0.05, 0.1) is 5.69 Å². The third-order valence-corrected chi connectivity index (χ3v) is 5.04. The third-order valence-electron chi connectivity index (χ3n) is 5.04. The Bertz CT molecular complexity index is 996. The van der Waals surface area contributed by atoms with E-state index in [1.54, 1.807) is 4.52 Å². The number of alkyl halides is 3. The summed E-state index contributed by atoms with van der Waals surface area (Å²) in [7, 11) is 0. The molecule has 1 saturated heterocycles. The zero-order valence-electron chi connectivity index (χ0n) is 15.4. The molecule has 1 aromatic carbocycles. The van der Waals surface area contributed by atoms with E-state index in [1.165, 1.54) is 6.33 Å². The van der Waals surface area contributed by atoms with E-state index < -0.39 is 12.1 Å². The maximum atomic E-state index is 12.6. The number of carbonyl (C=O) groups excluding carboxylic acids is 1. The van der Waals surface area contributed by atoms with E-state index in [0.717, 1.165) is 16.2 Å². The van der Waals surface area contributed by atoms with Crippen LogP contribution in [-0.4, -0.2) is 56.2 Å². The number of hydrogen-bond donors (Lipinski definition) is 1. The lowest BCUT2D eigenvalue weighted by Crippen LogP contribution is -2.46. The number of anilines is 1. The number of likely N-dealkylation sites (tertiary alicyclic amines) is 1. The summed E-state index contributed by atoms with van der Waals surface area (Å²) >= 11 is 0. The number of rotatable bonds is 4. The zero-order valence-corrected chi connectivity index (χ0v) is 15.4. The van der Waals surface area contributed by atoms with Crippen LogP contribution in [0.4, 0.5) is 19.0 Å². The van der Waals surface area contributed by atoms with Crippen molar-refractivity contribution in [3.63, 3.8) is 0 Å². The summed E-state index contributed by atoms with van der Waals surface area (Å²) in [5.41, 5.74) is 1.69. The summed E-state index contributed by atoms with van der Waals surface area (Å²) in [4.78, 5) is 20.9. The van der Waals surface area contributed by atoms with E-state index in [1.807, 2.05) is 36.4 Å². The Balaban J connectivity index is 1.44. The van der Waals surface area contributed by atoms with Crippen LogP contribution in [0.2, 0.25) is 0 Å². The molecule has 0 spiro atoms. The normalized spacial score (nSPS) is 15.6. The Morgan fingerprint density at radius 3 is 2.59 bits per heavy atom. The van der Waals surface area contributed by atoms with Crippen molar-refractivity contribution in [1.29, 1.82) is 0 Å². The number of halogens is 3. The molecule has 0 saturated carbocycles. The molecular weight excluding hydrogens is 385 g/mol. The highest BCUT2D eigenvalue weighted by Gasteiger charge is 2.43. The number of piperidine rings is 1. The van der Waals surface area contributed by atoms with Crippen LogP contribution in [0.25, 0.3) is 17.0 Å². The van der Waals surface area contributed by atoms with Crippen LogP contribution in [0.1, 0.15) is 12.8 Å². The summed E-state index contributed by atoms with van der Waals surface area (Å²) in [5.74, 6) is -0.436. The minimum atomic E-state index is -4.81. The van der Waals surface area contributed by atoms with Crippen LogP contribution in [0.5, 0.6) is 0 Å². The number of nitrogens with zero attached hydrogens (tertiary/aromatic N) is 5. The van der Waals surface area contributed by atoms with Gasteiger partial charge in [0.15, 0.2) is 0 Å². The number of nitrogens with one attached hydrogen (secondary N) is 1. The molecular formula is C19H19F3N6O. The molecule has 2 aromatic heterocycles. The second-order valence-corrected chi connectivity index (χ2v) is 6.98. The number of aromatic nitrogens is 4. The molecule has 0 atom stereocenters. The topological polar surface area (TPSA) is 75.4 Å². The van der Waals surface area contributed by atoms with Gasteiger partial charge in [0, 0.05) is 31.3 Å². The first-order chi connectivity index (χ1) is 13.9. The highest BCUT2D eigenvalue weighted by atomic mass is 19.4. The fourth-order valence-corrected chi connectivity index (χ4v) is 3.46. The van der Waals surface area contributed by atoms with E-state index in [4.69, 9.17) is 0 Å². The van der Waals surface area contributed by atoms with Gasteiger partial charge in [0.1, 0.15) is 12.1 Å². The molecule has 0 aliphatic carbocycles. The van der Waals surface area contributed by atoms with Crippen molar-refractivity contribution in [3.05, 3.63) is 42.7 Å². The van der Waals surface area contributed by atoms with Crippen LogP contribution in [0, 0.1) is 5.92 Å². The first-order valence-corrected chi connectivity index (χ1v) is 9.28. The van der Waals surface area contributed by atoms with E-state index >= 15 is 0 Å². The van der Waals surface area contributed by atoms with Crippen molar-refractivity contribution in [2.75, 3.05) is 25.0 Å². The molecule has 0 unspecified atom stereocenters. The number of hydrogen-bond acceptors (Lipinski definition) is 5. The lowest BCUT2D eigenvalue weighted by Gasteiger charge is -2.32. The second kappa shape index (κ2) is 7.69. The molecule has 3 aromatic rings. The molecule has 152 valence electrons. The number of carbonyl (C=O) groups is 1. The summed E-state index contributed by atoms with van der Waals surface area (Å²) in [6.07, 6.45) is -2.38. The van der Waals surface area contributed by atoms with Gasteiger partial charge in [0.25, 0.3) is 5.78 Å². The lowest BCUT2D eigenvalue weighted by atomic mass is 9.96. The second-order valence-electron chi connectivity index (χ2n) is 6.98. The van der Waals surface area contributed by atoms with E-state index in [9.17, 15) is 18.0 Å². The van der Waals surface area contributed by atoms with Gasteiger partial charge in [-0.05, 0) is 18.8 Å². The molecule has 0 bridgehead atoms. The largest absolute Gasteiger partial charge is 0.471 e. The highest BCUT2D eigenvalue weighted by Crippen LogP contribution is 2.25. The molecule has 0 radical (unpaired) electrons. The van der Waals surface area contributed by atoms with Crippen molar-refractivity contribution in [3.8, 4) is 11.3 Å². The Morgan fingerprint density at radius 1 is 1.17 bits per heavy atom. The minimum absolute atomic E-state index is 0.106. The lowest BCUT2D eigenvalue weighted by molar-refractivity contribution is -0.186. The molecule has 7 nitrogen and oxygen atoms in total. The monoisotopic (exact) mass is 404 g/mol. The highest BCUT2D eigenvalue weighted by molar-refractivity contribution is 5.81. The molecule has 1 aliphatic rings. The molecule has 3 heterocycles. The number of amides is 1. The van der Waals surface area contributed by atoms with E-state index in [2.05, 4.69) is 20.4 Å². The van der Waals surface area contributed by atoms with Crippen LogP contribution < -0.4 is 5.32 Å². The smallest absolute Gasteiger partial charge is 0.370 e. The first-order valence-electron chi connectivity index (χ1n) is 9.28. The Morgan fingerprint density at radius 2 is 1.90 bits per heavy atom. The van der Waals surface area contributed by atoms with Crippen LogP contribution in [0.3, 0.4) is 0 Å². The Labute approximate surface area is 164 Å². The predicted molar refractivity (Wildman–Crippen MR) is 100 cm³/mol. The van der Waals surface area contributed by atoms with Crippen molar-refractivity contribution < 1.29 is 18.0 Å². The summed E-state index contributed by atoms with van der Waals surface area (Å²) < 4.78 is 39.3. The van der Waals surface area contributed by atoms with Crippen LogP contribution >= 0.6 is 0 Å². The average Bonchev–Trinajstić information content (AvgIpc) is 3.20. The maximum absolute atomic E-state index is 12.6. The first kappa shape index (κ1) is 19.2. The standard InChI is InChI=1S/C19H19F3N6O/c20-19(21,22)17(29)27-8-6-13(7-9-27)11-23-16-10-15(14-4-2-1-3-5-14)26-18-24-12-25-28(16)18/h1-5,10,12-13,23H,6-9,11H2. The van der Waals surface area contributed by atoms with Crippen LogP contribution in [-0.2, 0) is 4.79 Å². The van der Waals surface area contributed by atoms with E-state index in [-0.39, 0.29) is 19.0 Å².